The van der Waals surface area contributed by atoms with Crippen LogP contribution in [0.25, 0.3) is 0 Å². The molecular formula is C24H34N2O2. The van der Waals surface area contributed by atoms with Gasteiger partial charge in [0.25, 0.3) is 0 Å². The van der Waals surface area contributed by atoms with Gasteiger partial charge in [0.15, 0.2) is 0 Å². The molecule has 3 rings (SSSR count). The van der Waals surface area contributed by atoms with Crippen molar-refractivity contribution in [2.24, 2.45) is 5.92 Å². The molecule has 2 aromatic rings. The Bertz CT molecular complexity index is 758. The third-order valence-electron chi connectivity index (χ3n) is 5.82. The Labute approximate surface area is 169 Å². The van der Waals surface area contributed by atoms with E-state index in [4.69, 9.17) is 9.47 Å². The summed E-state index contributed by atoms with van der Waals surface area (Å²) in [6, 6.07) is 15.6. The molecule has 152 valence electrons. The van der Waals surface area contributed by atoms with Crippen LogP contribution in [-0.2, 0) is 6.54 Å². The summed E-state index contributed by atoms with van der Waals surface area (Å²) < 4.78 is 11.4. The van der Waals surface area contributed by atoms with Gasteiger partial charge in [-0.2, -0.15) is 0 Å². The fourth-order valence-electron chi connectivity index (χ4n) is 4.15. The molecule has 0 saturated heterocycles. The lowest BCUT2D eigenvalue weighted by molar-refractivity contribution is 0.265. The zero-order valence-electron chi connectivity index (χ0n) is 17.9. The largest absolute Gasteiger partial charge is 0.497 e. The summed E-state index contributed by atoms with van der Waals surface area (Å²) in [5.41, 5.74) is 4.10. The van der Waals surface area contributed by atoms with Crippen molar-refractivity contribution in [2.75, 3.05) is 34.4 Å². The standard InChI is InChI=1S/C24H34N2O2/c1-17(2)24(25-3)12-13-28-21-10-11-22-19(14-21)15-26(4)16-23(22)18-6-8-20(27-5)9-7-18/h6-11,14,17,23-25H,12-13,15-16H2,1-5H3. The number of nitrogens with one attached hydrogen (secondary N) is 1. The molecule has 1 aliphatic rings. The normalized spacial score (nSPS) is 18.0. The molecule has 2 unspecified atom stereocenters. The highest BCUT2D eigenvalue weighted by molar-refractivity contribution is 5.45. The number of likely N-dealkylation sites (N-methyl/N-ethyl adjacent to an activating group) is 1. The number of hydrogen-bond acceptors (Lipinski definition) is 4. The van der Waals surface area contributed by atoms with Crippen LogP contribution in [0.1, 0.15) is 42.9 Å². The van der Waals surface area contributed by atoms with E-state index in [0.29, 0.717) is 17.9 Å². The minimum atomic E-state index is 0.378. The highest BCUT2D eigenvalue weighted by atomic mass is 16.5. The first-order valence-corrected chi connectivity index (χ1v) is 10.3. The lowest BCUT2D eigenvalue weighted by Gasteiger charge is -2.33. The summed E-state index contributed by atoms with van der Waals surface area (Å²) in [6.07, 6.45) is 1.01. The second-order valence-electron chi connectivity index (χ2n) is 8.16. The number of rotatable bonds is 8. The maximum absolute atomic E-state index is 6.09. The van der Waals surface area contributed by atoms with Crippen LogP contribution >= 0.6 is 0 Å². The van der Waals surface area contributed by atoms with Gasteiger partial charge < -0.3 is 19.7 Å². The number of nitrogens with zero attached hydrogens (tertiary/aromatic N) is 1. The molecule has 28 heavy (non-hydrogen) atoms. The van der Waals surface area contributed by atoms with Gasteiger partial charge in [-0.25, -0.2) is 0 Å². The first-order valence-electron chi connectivity index (χ1n) is 10.3. The number of ether oxygens (including phenoxy) is 2. The Balaban J connectivity index is 1.73. The summed E-state index contributed by atoms with van der Waals surface area (Å²) in [5, 5.41) is 3.38. The van der Waals surface area contributed by atoms with Gasteiger partial charge in [-0.05, 0) is 67.4 Å². The van der Waals surface area contributed by atoms with E-state index in [9.17, 15) is 0 Å². The Morgan fingerprint density at radius 3 is 2.46 bits per heavy atom. The smallest absolute Gasteiger partial charge is 0.119 e. The first kappa shape index (κ1) is 20.7. The van der Waals surface area contributed by atoms with E-state index in [1.165, 1.54) is 16.7 Å². The maximum atomic E-state index is 6.09. The summed E-state index contributed by atoms with van der Waals surface area (Å²) in [5.74, 6) is 2.86. The molecule has 0 spiro atoms. The summed E-state index contributed by atoms with van der Waals surface area (Å²) in [4.78, 5) is 2.39. The summed E-state index contributed by atoms with van der Waals surface area (Å²) in [7, 11) is 5.92. The van der Waals surface area contributed by atoms with Gasteiger partial charge >= 0.3 is 0 Å². The molecule has 1 N–H and O–H groups in total. The molecule has 0 fully saturated rings. The van der Waals surface area contributed by atoms with E-state index in [0.717, 1.165) is 37.6 Å². The van der Waals surface area contributed by atoms with Crippen LogP contribution in [0.2, 0.25) is 0 Å². The third kappa shape index (κ3) is 4.86. The predicted molar refractivity (Wildman–Crippen MR) is 115 cm³/mol. The van der Waals surface area contributed by atoms with Crippen molar-refractivity contribution >= 4 is 0 Å². The van der Waals surface area contributed by atoms with Gasteiger partial charge in [0.05, 0.1) is 13.7 Å². The van der Waals surface area contributed by atoms with Crippen LogP contribution in [0.4, 0.5) is 0 Å². The molecule has 1 aliphatic heterocycles. The maximum Gasteiger partial charge on any atom is 0.119 e. The molecule has 0 aliphatic carbocycles. The van der Waals surface area contributed by atoms with Crippen molar-refractivity contribution in [3.8, 4) is 11.5 Å². The molecule has 4 nitrogen and oxygen atoms in total. The van der Waals surface area contributed by atoms with E-state index < -0.39 is 0 Å². The zero-order valence-corrected chi connectivity index (χ0v) is 17.9. The summed E-state index contributed by atoms with van der Waals surface area (Å²) >= 11 is 0. The lowest BCUT2D eigenvalue weighted by Crippen LogP contribution is -2.32. The van der Waals surface area contributed by atoms with Crippen molar-refractivity contribution in [1.29, 1.82) is 0 Å². The number of methoxy groups -OCH3 is 1. The Morgan fingerprint density at radius 1 is 1.11 bits per heavy atom. The number of hydrogen-bond donors (Lipinski definition) is 1. The third-order valence-corrected chi connectivity index (χ3v) is 5.82. The van der Waals surface area contributed by atoms with Crippen LogP contribution in [-0.4, -0.2) is 45.3 Å². The average Bonchev–Trinajstić information content (AvgIpc) is 2.70. The van der Waals surface area contributed by atoms with Crippen molar-refractivity contribution in [2.45, 2.75) is 38.8 Å². The monoisotopic (exact) mass is 382 g/mol. The fourth-order valence-corrected chi connectivity index (χ4v) is 4.15. The summed E-state index contributed by atoms with van der Waals surface area (Å²) in [6.45, 7) is 7.22. The number of fused-ring (bicyclic) bond motifs is 1. The minimum Gasteiger partial charge on any atom is -0.497 e. The second kappa shape index (κ2) is 9.44. The van der Waals surface area contributed by atoms with Gasteiger partial charge in [-0.1, -0.05) is 32.0 Å². The van der Waals surface area contributed by atoms with E-state index in [2.05, 4.69) is 61.4 Å². The van der Waals surface area contributed by atoms with Crippen molar-refractivity contribution in [3.05, 3.63) is 59.2 Å². The van der Waals surface area contributed by atoms with Crippen LogP contribution < -0.4 is 14.8 Å². The van der Waals surface area contributed by atoms with Crippen LogP contribution in [0, 0.1) is 5.92 Å². The molecule has 0 amide bonds. The van der Waals surface area contributed by atoms with Gasteiger partial charge in [0, 0.05) is 25.0 Å². The quantitative estimate of drug-likeness (QED) is 0.739. The Kier molecular flexibility index (Phi) is 6.97. The van der Waals surface area contributed by atoms with E-state index in [-0.39, 0.29) is 0 Å². The molecule has 0 aromatic heterocycles. The highest BCUT2D eigenvalue weighted by Crippen LogP contribution is 2.35. The predicted octanol–water partition coefficient (Wildman–Crippen LogP) is 4.29. The molecule has 0 bridgehead atoms. The van der Waals surface area contributed by atoms with Gasteiger partial charge in [0.2, 0.25) is 0 Å². The topological polar surface area (TPSA) is 33.7 Å². The van der Waals surface area contributed by atoms with Gasteiger partial charge in [-0.15, -0.1) is 0 Å². The molecular weight excluding hydrogens is 348 g/mol. The van der Waals surface area contributed by atoms with E-state index in [1.807, 2.05) is 19.2 Å². The van der Waals surface area contributed by atoms with Crippen LogP contribution in [0.15, 0.2) is 42.5 Å². The molecule has 0 radical (unpaired) electrons. The van der Waals surface area contributed by atoms with Gasteiger partial charge in [0.1, 0.15) is 11.5 Å². The first-order chi connectivity index (χ1) is 13.5. The zero-order chi connectivity index (χ0) is 20.1. The average molecular weight is 383 g/mol. The van der Waals surface area contributed by atoms with Crippen LogP contribution in [0.3, 0.4) is 0 Å². The molecule has 4 heteroatoms. The molecule has 2 aromatic carbocycles. The Morgan fingerprint density at radius 2 is 1.82 bits per heavy atom. The molecule has 2 atom stereocenters. The second-order valence-corrected chi connectivity index (χ2v) is 8.16. The van der Waals surface area contributed by atoms with Gasteiger partial charge in [-0.3, -0.25) is 0 Å². The lowest BCUT2D eigenvalue weighted by atomic mass is 9.84. The number of benzene rings is 2. The minimum absolute atomic E-state index is 0.378. The van der Waals surface area contributed by atoms with Crippen molar-refractivity contribution in [3.63, 3.8) is 0 Å². The highest BCUT2D eigenvalue weighted by Gasteiger charge is 2.25. The van der Waals surface area contributed by atoms with E-state index >= 15 is 0 Å². The van der Waals surface area contributed by atoms with E-state index in [1.54, 1.807) is 7.11 Å². The van der Waals surface area contributed by atoms with Crippen LogP contribution in [0.5, 0.6) is 11.5 Å². The SMILES string of the molecule is CNC(CCOc1ccc2c(c1)CN(C)CC2c1ccc(OC)cc1)C(C)C. The Hall–Kier alpha value is -2.04. The molecule has 0 saturated carbocycles. The molecule has 1 heterocycles. The van der Waals surface area contributed by atoms with Crippen molar-refractivity contribution < 1.29 is 9.47 Å². The fraction of sp³-hybridized carbons (Fsp3) is 0.500. The van der Waals surface area contributed by atoms with Crippen molar-refractivity contribution in [1.82, 2.24) is 10.2 Å².